The number of thiazole rings is 1. The molecule has 1 fully saturated rings. The molecule has 1 aliphatic rings. The van der Waals surface area contributed by atoms with E-state index in [1.54, 1.807) is 11.3 Å². The first kappa shape index (κ1) is 17.2. The molecule has 1 unspecified atom stereocenters. The summed E-state index contributed by atoms with van der Waals surface area (Å²) in [6.45, 7) is 3.68. The van der Waals surface area contributed by atoms with E-state index < -0.39 is 0 Å². The molecule has 5 nitrogen and oxygen atoms in total. The number of hydrogen-bond acceptors (Lipinski definition) is 4. The lowest BCUT2D eigenvalue weighted by Gasteiger charge is -2.24. The van der Waals surface area contributed by atoms with Gasteiger partial charge in [-0.05, 0) is 25.0 Å². The van der Waals surface area contributed by atoms with Crippen molar-refractivity contribution in [3.63, 3.8) is 0 Å². The van der Waals surface area contributed by atoms with Gasteiger partial charge < -0.3 is 15.0 Å². The lowest BCUT2D eigenvalue weighted by Crippen LogP contribution is -2.41. The Morgan fingerprint density at radius 2 is 2.33 bits per heavy atom. The van der Waals surface area contributed by atoms with Gasteiger partial charge in [-0.2, -0.15) is 0 Å². The predicted octanol–water partition coefficient (Wildman–Crippen LogP) is 2.77. The summed E-state index contributed by atoms with van der Waals surface area (Å²) in [4.78, 5) is 11.3. The first-order chi connectivity index (χ1) is 11.8. The van der Waals surface area contributed by atoms with Crippen molar-refractivity contribution in [2.75, 3.05) is 40.4 Å². The molecule has 0 spiro atoms. The van der Waals surface area contributed by atoms with Crippen LogP contribution in [0, 0.1) is 5.92 Å². The van der Waals surface area contributed by atoms with Gasteiger partial charge >= 0.3 is 0 Å². The summed E-state index contributed by atoms with van der Waals surface area (Å²) in [5.74, 6) is 1.59. The molecule has 1 aromatic heterocycles. The molecule has 130 valence electrons. The number of benzene rings is 1. The van der Waals surface area contributed by atoms with Crippen LogP contribution in [-0.2, 0) is 11.2 Å². The molecule has 6 heteroatoms. The second kappa shape index (κ2) is 8.44. The molecular formula is C18H26N4OS. The molecule has 0 radical (unpaired) electrons. The van der Waals surface area contributed by atoms with Crippen molar-refractivity contribution < 1.29 is 4.74 Å². The number of aryl methyl sites for hydroxylation is 1. The van der Waals surface area contributed by atoms with E-state index >= 15 is 0 Å². The average Bonchev–Trinajstić information content (AvgIpc) is 3.23. The molecule has 1 saturated heterocycles. The molecular weight excluding hydrogens is 320 g/mol. The smallest absolute Gasteiger partial charge is 0.193 e. The molecule has 1 aliphatic heterocycles. The summed E-state index contributed by atoms with van der Waals surface area (Å²) >= 11 is 1.80. The summed E-state index contributed by atoms with van der Waals surface area (Å²) < 4.78 is 6.72. The lowest BCUT2D eigenvalue weighted by atomic mass is 10.1. The van der Waals surface area contributed by atoms with Gasteiger partial charge in [-0.25, -0.2) is 4.98 Å². The van der Waals surface area contributed by atoms with Crippen molar-refractivity contribution in [3.05, 3.63) is 29.3 Å². The third-order valence-electron chi connectivity index (χ3n) is 4.32. The molecule has 0 saturated carbocycles. The van der Waals surface area contributed by atoms with Crippen LogP contribution in [0.15, 0.2) is 29.3 Å². The Labute approximate surface area is 147 Å². The van der Waals surface area contributed by atoms with E-state index in [-0.39, 0.29) is 0 Å². The quantitative estimate of drug-likeness (QED) is 0.496. The highest BCUT2D eigenvalue weighted by molar-refractivity contribution is 7.18. The fourth-order valence-corrected chi connectivity index (χ4v) is 4.06. The predicted molar refractivity (Wildman–Crippen MR) is 101 cm³/mol. The van der Waals surface area contributed by atoms with E-state index in [9.17, 15) is 0 Å². The summed E-state index contributed by atoms with van der Waals surface area (Å²) in [5, 5.41) is 4.67. The van der Waals surface area contributed by atoms with Crippen molar-refractivity contribution in [2.24, 2.45) is 10.9 Å². The zero-order valence-electron chi connectivity index (χ0n) is 14.5. The largest absolute Gasteiger partial charge is 0.381 e. The van der Waals surface area contributed by atoms with Crippen molar-refractivity contribution in [1.82, 2.24) is 15.2 Å². The third-order valence-corrected chi connectivity index (χ3v) is 5.41. The van der Waals surface area contributed by atoms with Crippen LogP contribution in [0.1, 0.15) is 17.8 Å². The van der Waals surface area contributed by atoms with Gasteiger partial charge in [0.1, 0.15) is 0 Å². The molecule has 0 bridgehead atoms. The first-order valence-electron chi connectivity index (χ1n) is 8.60. The van der Waals surface area contributed by atoms with Crippen LogP contribution in [0.25, 0.3) is 10.2 Å². The molecule has 1 aromatic carbocycles. The second-order valence-electron chi connectivity index (χ2n) is 6.26. The highest BCUT2D eigenvalue weighted by Gasteiger charge is 2.18. The molecule has 2 aromatic rings. The standard InChI is InChI=1S/C18H26N4OS/c1-19-18(22(2)12-14-9-11-23-13-14)20-10-5-8-17-21-15-6-3-4-7-16(15)24-17/h3-4,6-7,14H,5,8-13H2,1-2H3,(H,19,20). The maximum absolute atomic E-state index is 5.45. The average molecular weight is 347 g/mol. The third kappa shape index (κ3) is 4.45. The minimum Gasteiger partial charge on any atom is -0.381 e. The molecule has 0 aliphatic carbocycles. The molecule has 24 heavy (non-hydrogen) atoms. The molecule has 1 N–H and O–H groups in total. The van der Waals surface area contributed by atoms with Crippen LogP contribution < -0.4 is 5.32 Å². The number of para-hydroxylation sites is 1. The van der Waals surface area contributed by atoms with Crippen LogP contribution in [0.3, 0.4) is 0 Å². The van der Waals surface area contributed by atoms with E-state index in [1.165, 1.54) is 9.71 Å². The number of rotatable bonds is 6. The van der Waals surface area contributed by atoms with E-state index in [2.05, 4.69) is 45.4 Å². The number of ether oxygens (including phenoxy) is 1. The fourth-order valence-electron chi connectivity index (χ4n) is 3.05. The van der Waals surface area contributed by atoms with Crippen molar-refractivity contribution in [3.8, 4) is 0 Å². The van der Waals surface area contributed by atoms with Gasteiger partial charge in [0.15, 0.2) is 5.96 Å². The number of fused-ring (bicyclic) bond motifs is 1. The van der Waals surface area contributed by atoms with Crippen LogP contribution in [0.5, 0.6) is 0 Å². The minimum absolute atomic E-state index is 0.622. The summed E-state index contributed by atoms with van der Waals surface area (Å²) in [6, 6.07) is 8.33. The summed E-state index contributed by atoms with van der Waals surface area (Å²) in [5.41, 5.74) is 1.11. The summed E-state index contributed by atoms with van der Waals surface area (Å²) in [6.07, 6.45) is 3.21. The monoisotopic (exact) mass is 346 g/mol. The Morgan fingerprint density at radius 1 is 1.46 bits per heavy atom. The Kier molecular flexibility index (Phi) is 6.04. The Balaban J connectivity index is 1.42. The van der Waals surface area contributed by atoms with Crippen LogP contribution in [0.4, 0.5) is 0 Å². The highest BCUT2D eigenvalue weighted by atomic mass is 32.1. The lowest BCUT2D eigenvalue weighted by molar-refractivity contribution is 0.181. The van der Waals surface area contributed by atoms with E-state index in [0.717, 1.165) is 57.0 Å². The van der Waals surface area contributed by atoms with Gasteiger partial charge in [-0.3, -0.25) is 4.99 Å². The topological polar surface area (TPSA) is 49.8 Å². The van der Waals surface area contributed by atoms with Gasteiger partial charge in [0.2, 0.25) is 0 Å². The first-order valence-corrected chi connectivity index (χ1v) is 9.42. The number of nitrogens with zero attached hydrogens (tertiary/aromatic N) is 3. The van der Waals surface area contributed by atoms with Crippen LogP contribution in [-0.4, -0.2) is 56.2 Å². The van der Waals surface area contributed by atoms with E-state index in [1.807, 2.05) is 13.1 Å². The number of guanidine groups is 1. The minimum atomic E-state index is 0.622. The number of nitrogens with one attached hydrogen (secondary N) is 1. The highest BCUT2D eigenvalue weighted by Crippen LogP contribution is 2.22. The maximum atomic E-state index is 5.45. The van der Waals surface area contributed by atoms with Gasteiger partial charge in [-0.1, -0.05) is 12.1 Å². The maximum Gasteiger partial charge on any atom is 0.193 e. The Bertz CT molecular complexity index is 645. The van der Waals surface area contributed by atoms with Gasteiger partial charge in [0.05, 0.1) is 21.8 Å². The number of aromatic nitrogens is 1. The molecule has 0 amide bonds. The zero-order chi connectivity index (χ0) is 16.8. The van der Waals surface area contributed by atoms with Crippen molar-refractivity contribution >= 4 is 27.5 Å². The van der Waals surface area contributed by atoms with Crippen LogP contribution in [0.2, 0.25) is 0 Å². The molecule has 3 rings (SSSR count). The van der Waals surface area contributed by atoms with Gasteiger partial charge in [-0.15, -0.1) is 11.3 Å². The van der Waals surface area contributed by atoms with Gasteiger partial charge in [0, 0.05) is 46.1 Å². The second-order valence-corrected chi connectivity index (χ2v) is 7.38. The number of aliphatic imine (C=N–C) groups is 1. The Hall–Kier alpha value is -1.66. The molecule has 1 atom stereocenters. The Morgan fingerprint density at radius 3 is 3.08 bits per heavy atom. The van der Waals surface area contributed by atoms with E-state index in [4.69, 9.17) is 4.74 Å². The van der Waals surface area contributed by atoms with Crippen molar-refractivity contribution in [1.29, 1.82) is 0 Å². The van der Waals surface area contributed by atoms with Crippen molar-refractivity contribution in [2.45, 2.75) is 19.3 Å². The summed E-state index contributed by atoms with van der Waals surface area (Å²) in [7, 11) is 3.94. The number of hydrogen-bond donors (Lipinski definition) is 1. The molecule has 2 heterocycles. The van der Waals surface area contributed by atoms with E-state index in [0.29, 0.717) is 5.92 Å². The fraction of sp³-hybridized carbons (Fsp3) is 0.556. The normalized spacial score (nSPS) is 18.2. The SMILES string of the molecule is CN=C(NCCCc1nc2ccccc2s1)N(C)CC1CCOC1. The van der Waals surface area contributed by atoms with Gasteiger partial charge in [0.25, 0.3) is 0 Å². The zero-order valence-corrected chi connectivity index (χ0v) is 15.3. The van der Waals surface area contributed by atoms with Crippen LogP contribution >= 0.6 is 11.3 Å².